The monoisotopic (exact) mass is 332 g/mol. The maximum atomic E-state index is 12.7. The molecule has 0 aliphatic heterocycles. The van der Waals surface area contributed by atoms with Gasteiger partial charge in [-0.25, -0.2) is 0 Å². The average Bonchev–Trinajstić information content (AvgIpc) is 2.61. The predicted molar refractivity (Wildman–Crippen MR) is 102 cm³/mol. The van der Waals surface area contributed by atoms with Gasteiger partial charge in [0.05, 0.1) is 5.57 Å². The minimum atomic E-state index is -0.375. The highest BCUT2D eigenvalue weighted by molar-refractivity contribution is 5.97. The van der Waals surface area contributed by atoms with Crippen molar-refractivity contribution >= 4 is 11.5 Å². The molecule has 0 saturated heterocycles. The van der Waals surface area contributed by atoms with Crippen LogP contribution in [0.4, 0.5) is 0 Å². The summed E-state index contributed by atoms with van der Waals surface area (Å²) < 4.78 is 0. The van der Waals surface area contributed by atoms with Crippen LogP contribution in [0.2, 0.25) is 0 Å². The molecule has 0 saturated carbocycles. The van der Waals surface area contributed by atoms with Gasteiger partial charge in [0.1, 0.15) is 6.07 Å². The molecular formula is C22H24N2O. The van der Waals surface area contributed by atoms with Crippen molar-refractivity contribution < 1.29 is 4.79 Å². The Hall–Kier alpha value is -2.86. The number of nitriles is 1. The number of rotatable bonds is 4. The van der Waals surface area contributed by atoms with Gasteiger partial charge in [-0.1, -0.05) is 70.2 Å². The number of hydrogen-bond acceptors (Lipinski definition) is 2. The standard InChI is InChI=1S/C22H24N2O/c1-5-16-11-13-18(14-12-16)21(25)24-20(22(2,3)4)19(15-23)17-9-7-6-8-10-17/h6-14H,5H2,1-4H3,(H,24,25)/b20-19-. The normalized spacial score (nSPS) is 12.1. The van der Waals surface area contributed by atoms with Gasteiger partial charge in [-0.15, -0.1) is 0 Å². The van der Waals surface area contributed by atoms with Crippen LogP contribution in [0.5, 0.6) is 0 Å². The van der Waals surface area contributed by atoms with Gasteiger partial charge in [-0.3, -0.25) is 4.79 Å². The maximum Gasteiger partial charge on any atom is 0.255 e. The smallest absolute Gasteiger partial charge is 0.255 e. The van der Waals surface area contributed by atoms with E-state index >= 15 is 0 Å². The molecule has 0 bridgehead atoms. The lowest BCUT2D eigenvalue weighted by Gasteiger charge is -2.25. The van der Waals surface area contributed by atoms with E-state index in [0.29, 0.717) is 16.8 Å². The second-order valence-corrected chi connectivity index (χ2v) is 6.98. The molecule has 0 aliphatic rings. The Kier molecular flexibility index (Phi) is 5.77. The van der Waals surface area contributed by atoms with Crippen LogP contribution < -0.4 is 5.32 Å². The molecule has 0 fully saturated rings. The van der Waals surface area contributed by atoms with E-state index in [1.54, 1.807) is 0 Å². The van der Waals surface area contributed by atoms with Crippen LogP contribution >= 0.6 is 0 Å². The molecule has 0 aromatic heterocycles. The number of carbonyl (C=O) groups excluding carboxylic acids is 1. The quantitative estimate of drug-likeness (QED) is 0.805. The summed E-state index contributed by atoms with van der Waals surface area (Å²) in [6.45, 7) is 8.05. The van der Waals surface area contributed by atoms with Crippen molar-refractivity contribution in [3.63, 3.8) is 0 Å². The van der Waals surface area contributed by atoms with Crippen LogP contribution in [-0.2, 0) is 6.42 Å². The van der Waals surface area contributed by atoms with E-state index in [1.807, 2.05) is 75.4 Å². The zero-order chi connectivity index (χ0) is 18.4. The zero-order valence-corrected chi connectivity index (χ0v) is 15.3. The Morgan fingerprint density at radius 1 is 1.00 bits per heavy atom. The Bertz CT molecular complexity index is 804. The van der Waals surface area contributed by atoms with Gasteiger partial charge in [0.2, 0.25) is 0 Å². The predicted octanol–water partition coefficient (Wildman–Crippen LogP) is 4.96. The van der Waals surface area contributed by atoms with Gasteiger partial charge in [0.15, 0.2) is 0 Å². The van der Waals surface area contributed by atoms with E-state index in [9.17, 15) is 10.1 Å². The third-order valence-electron chi connectivity index (χ3n) is 4.04. The van der Waals surface area contributed by atoms with Crippen molar-refractivity contribution in [3.05, 3.63) is 77.0 Å². The fraction of sp³-hybridized carbons (Fsp3) is 0.273. The Balaban J connectivity index is 2.43. The molecule has 0 radical (unpaired) electrons. The van der Waals surface area contributed by atoms with Crippen molar-refractivity contribution in [2.24, 2.45) is 5.41 Å². The first kappa shape index (κ1) is 18.5. The molecule has 25 heavy (non-hydrogen) atoms. The van der Waals surface area contributed by atoms with Gasteiger partial charge in [-0.2, -0.15) is 5.26 Å². The highest BCUT2D eigenvalue weighted by Crippen LogP contribution is 2.30. The van der Waals surface area contributed by atoms with Gasteiger partial charge < -0.3 is 5.32 Å². The van der Waals surface area contributed by atoms with Crippen molar-refractivity contribution in [1.29, 1.82) is 5.26 Å². The lowest BCUT2D eigenvalue weighted by molar-refractivity contribution is 0.0958. The fourth-order valence-electron chi connectivity index (χ4n) is 2.57. The van der Waals surface area contributed by atoms with Crippen molar-refractivity contribution in [1.82, 2.24) is 5.32 Å². The third kappa shape index (κ3) is 4.58. The Morgan fingerprint density at radius 3 is 2.08 bits per heavy atom. The summed E-state index contributed by atoms with van der Waals surface area (Å²) >= 11 is 0. The van der Waals surface area contributed by atoms with Crippen molar-refractivity contribution in [3.8, 4) is 6.07 Å². The third-order valence-corrected chi connectivity index (χ3v) is 4.04. The molecule has 1 N–H and O–H groups in total. The summed E-state index contributed by atoms with van der Waals surface area (Å²) in [5.41, 5.74) is 3.32. The number of amides is 1. The van der Waals surface area contributed by atoms with Gasteiger partial charge in [0, 0.05) is 16.7 Å². The van der Waals surface area contributed by atoms with Crippen LogP contribution in [0.25, 0.3) is 5.57 Å². The molecule has 3 heteroatoms. The average molecular weight is 332 g/mol. The molecule has 3 nitrogen and oxygen atoms in total. The second-order valence-electron chi connectivity index (χ2n) is 6.98. The summed E-state index contributed by atoms with van der Waals surface area (Å²) in [7, 11) is 0. The molecular weight excluding hydrogens is 308 g/mol. The fourth-order valence-corrected chi connectivity index (χ4v) is 2.57. The van der Waals surface area contributed by atoms with E-state index in [0.717, 1.165) is 12.0 Å². The number of benzene rings is 2. The molecule has 2 aromatic rings. The summed E-state index contributed by atoms with van der Waals surface area (Å²) in [5, 5.41) is 12.7. The molecule has 1 amide bonds. The highest BCUT2D eigenvalue weighted by Gasteiger charge is 2.24. The van der Waals surface area contributed by atoms with Crippen LogP contribution in [0.15, 0.2) is 60.3 Å². The molecule has 0 atom stereocenters. The lowest BCUT2D eigenvalue weighted by atomic mass is 9.86. The summed E-state index contributed by atoms with van der Waals surface area (Å²) in [5.74, 6) is -0.198. The number of hydrogen-bond donors (Lipinski definition) is 1. The maximum absolute atomic E-state index is 12.7. The number of nitrogens with zero attached hydrogens (tertiary/aromatic N) is 1. The molecule has 2 rings (SSSR count). The highest BCUT2D eigenvalue weighted by atomic mass is 16.1. The van der Waals surface area contributed by atoms with Crippen LogP contribution in [0.3, 0.4) is 0 Å². The first-order chi connectivity index (χ1) is 11.9. The minimum Gasteiger partial charge on any atom is -0.324 e. The SMILES string of the molecule is CCc1ccc(C(=O)N/C(=C(/C#N)c2ccccc2)C(C)(C)C)cc1. The second kappa shape index (κ2) is 7.81. The van der Waals surface area contributed by atoms with Crippen LogP contribution in [-0.4, -0.2) is 5.91 Å². The number of nitrogens with one attached hydrogen (secondary N) is 1. The van der Waals surface area contributed by atoms with E-state index in [2.05, 4.69) is 18.3 Å². The number of aryl methyl sites for hydroxylation is 1. The summed E-state index contributed by atoms with van der Waals surface area (Å²) in [6, 6.07) is 19.3. The molecule has 2 aromatic carbocycles. The Morgan fingerprint density at radius 2 is 1.60 bits per heavy atom. The van der Waals surface area contributed by atoms with E-state index < -0.39 is 0 Å². The summed E-state index contributed by atoms with van der Waals surface area (Å²) in [6.07, 6.45) is 0.932. The van der Waals surface area contributed by atoms with Crippen molar-refractivity contribution in [2.75, 3.05) is 0 Å². The molecule has 0 heterocycles. The number of carbonyl (C=O) groups is 1. The van der Waals surface area contributed by atoms with Crippen molar-refractivity contribution in [2.45, 2.75) is 34.1 Å². The van der Waals surface area contributed by atoms with E-state index in [-0.39, 0.29) is 11.3 Å². The molecule has 0 unspecified atom stereocenters. The topological polar surface area (TPSA) is 52.9 Å². The van der Waals surface area contributed by atoms with E-state index in [1.165, 1.54) is 5.56 Å². The zero-order valence-electron chi connectivity index (χ0n) is 15.3. The minimum absolute atomic E-state index is 0.198. The first-order valence-electron chi connectivity index (χ1n) is 8.47. The largest absolute Gasteiger partial charge is 0.324 e. The van der Waals surface area contributed by atoms with E-state index in [4.69, 9.17) is 0 Å². The number of allylic oxidation sites excluding steroid dienone is 2. The molecule has 0 aliphatic carbocycles. The lowest BCUT2D eigenvalue weighted by Crippen LogP contribution is -2.31. The summed E-state index contributed by atoms with van der Waals surface area (Å²) in [4.78, 5) is 12.7. The molecule has 128 valence electrons. The first-order valence-corrected chi connectivity index (χ1v) is 8.47. The van der Waals surface area contributed by atoms with Gasteiger partial charge >= 0.3 is 0 Å². The van der Waals surface area contributed by atoms with Gasteiger partial charge in [0.25, 0.3) is 5.91 Å². The van der Waals surface area contributed by atoms with Crippen LogP contribution in [0.1, 0.15) is 49.2 Å². The van der Waals surface area contributed by atoms with Crippen LogP contribution in [0, 0.1) is 16.7 Å². The Labute approximate surface area is 150 Å². The molecule has 0 spiro atoms. The van der Waals surface area contributed by atoms with Gasteiger partial charge in [-0.05, 0) is 29.7 Å².